The van der Waals surface area contributed by atoms with Crippen molar-refractivity contribution in [1.82, 2.24) is 14.9 Å². The molecule has 0 bridgehead atoms. The van der Waals surface area contributed by atoms with E-state index < -0.39 is 11.9 Å². The molecule has 0 unspecified atom stereocenters. The molecule has 0 aliphatic heterocycles. The SMILES string of the molecule is COc1ccc(Nc2cc(C(F)(F)F)nc(NCCCN(C)C)n2)c(OC)c1. The van der Waals surface area contributed by atoms with E-state index in [1.807, 2.05) is 19.0 Å². The van der Waals surface area contributed by atoms with Gasteiger partial charge in [0.2, 0.25) is 5.95 Å². The van der Waals surface area contributed by atoms with Crippen LogP contribution in [0.4, 0.5) is 30.6 Å². The largest absolute Gasteiger partial charge is 0.497 e. The lowest BCUT2D eigenvalue weighted by atomic mass is 10.2. The fraction of sp³-hybridized carbons (Fsp3) is 0.444. The second kappa shape index (κ2) is 9.45. The average Bonchev–Trinajstić information content (AvgIpc) is 2.64. The van der Waals surface area contributed by atoms with Crippen molar-refractivity contribution in [3.8, 4) is 11.5 Å². The minimum Gasteiger partial charge on any atom is -0.497 e. The van der Waals surface area contributed by atoms with E-state index in [-0.39, 0.29) is 11.8 Å². The number of methoxy groups -OCH3 is 2. The second-order valence-corrected chi connectivity index (χ2v) is 6.23. The zero-order valence-electron chi connectivity index (χ0n) is 16.2. The molecule has 2 N–H and O–H groups in total. The maximum atomic E-state index is 13.2. The van der Waals surface area contributed by atoms with Gasteiger partial charge in [-0.1, -0.05) is 0 Å². The third-order valence-corrected chi connectivity index (χ3v) is 3.75. The molecule has 2 aromatic rings. The van der Waals surface area contributed by atoms with Gasteiger partial charge in [0, 0.05) is 18.7 Å². The smallest absolute Gasteiger partial charge is 0.433 e. The third-order valence-electron chi connectivity index (χ3n) is 3.75. The van der Waals surface area contributed by atoms with Crippen molar-refractivity contribution in [2.75, 3.05) is 52.0 Å². The molecule has 0 amide bonds. The van der Waals surface area contributed by atoms with Gasteiger partial charge in [0.1, 0.15) is 17.3 Å². The van der Waals surface area contributed by atoms with Crippen LogP contribution in [-0.4, -0.2) is 56.3 Å². The number of benzene rings is 1. The maximum absolute atomic E-state index is 13.2. The molecule has 10 heteroatoms. The van der Waals surface area contributed by atoms with Crippen molar-refractivity contribution in [3.05, 3.63) is 30.0 Å². The number of rotatable bonds is 9. The first-order valence-electron chi connectivity index (χ1n) is 8.57. The first-order chi connectivity index (χ1) is 13.2. The van der Waals surface area contributed by atoms with Crippen LogP contribution in [0.15, 0.2) is 24.3 Å². The summed E-state index contributed by atoms with van der Waals surface area (Å²) in [7, 11) is 6.81. The Morgan fingerprint density at radius 1 is 1.07 bits per heavy atom. The van der Waals surface area contributed by atoms with E-state index in [0.717, 1.165) is 19.0 Å². The normalized spacial score (nSPS) is 11.4. The van der Waals surface area contributed by atoms with Crippen LogP contribution in [-0.2, 0) is 6.18 Å². The number of nitrogens with zero attached hydrogens (tertiary/aromatic N) is 3. The van der Waals surface area contributed by atoms with Crippen LogP contribution in [0.1, 0.15) is 12.1 Å². The van der Waals surface area contributed by atoms with Crippen LogP contribution in [0.2, 0.25) is 0 Å². The predicted octanol–water partition coefficient (Wildman–Crippen LogP) is 3.62. The molecule has 1 aromatic carbocycles. The van der Waals surface area contributed by atoms with E-state index in [1.54, 1.807) is 18.2 Å². The van der Waals surface area contributed by atoms with Crippen molar-refractivity contribution < 1.29 is 22.6 Å². The molecule has 7 nitrogen and oxygen atoms in total. The predicted molar refractivity (Wildman–Crippen MR) is 102 cm³/mol. The molecule has 0 aliphatic rings. The fourth-order valence-corrected chi connectivity index (χ4v) is 2.37. The molecule has 0 atom stereocenters. The van der Waals surface area contributed by atoms with E-state index in [2.05, 4.69) is 20.6 Å². The summed E-state index contributed by atoms with van der Waals surface area (Å²) in [5, 5.41) is 5.70. The van der Waals surface area contributed by atoms with E-state index >= 15 is 0 Å². The Labute approximate surface area is 161 Å². The highest BCUT2D eigenvalue weighted by Crippen LogP contribution is 2.33. The number of halogens is 3. The first-order valence-corrected chi connectivity index (χ1v) is 8.57. The van der Waals surface area contributed by atoms with E-state index in [9.17, 15) is 13.2 Å². The van der Waals surface area contributed by atoms with Gasteiger partial charge in [-0.3, -0.25) is 0 Å². The molecular formula is C18H24F3N5O2. The molecule has 0 aliphatic carbocycles. The van der Waals surface area contributed by atoms with Crippen LogP contribution < -0.4 is 20.1 Å². The number of hydrogen-bond donors (Lipinski definition) is 2. The Kier molecular flexibility index (Phi) is 7.27. The number of aromatic nitrogens is 2. The molecule has 0 saturated heterocycles. The van der Waals surface area contributed by atoms with Gasteiger partial charge >= 0.3 is 6.18 Å². The molecule has 1 aromatic heterocycles. The van der Waals surface area contributed by atoms with Gasteiger partial charge in [-0.15, -0.1) is 0 Å². The quantitative estimate of drug-likeness (QED) is 0.624. The molecule has 28 heavy (non-hydrogen) atoms. The summed E-state index contributed by atoms with van der Waals surface area (Å²) >= 11 is 0. The summed E-state index contributed by atoms with van der Waals surface area (Å²) in [6, 6.07) is 5.78. The average molecular weight is 399 g/mol. The maximum Gasteiger partial charge on any atom is 0.433 e. The Bertz CT molecular complexity index is 784. The van der Waals surface area contributed by atoms with Crippen LogP contribution in [0.25, 0.3) is 0 Å². The highest BCUT2D eigenvalue weighted by molar-refractivity contribution is 5.66. The van der Waals surface area contributed by atoms with Gasteiger partial charge in [-0.05, 0) is 39.2 Å². The van der Waals surface area contributed by atoms with Gasteiger partial charge < -0.3 is 25.0 Å². The summed E-state index contributed by atoms with van der Waals surface area (Å²) in [6.07, 6.45) is -3.86. The number of alkyl halides is 3. The lowest BCUT2D eigenvalue weighted by Gasteiger charge is -2.15. The van der Waals surface area contributed by atoms with Crippen LogP contribution in [0.5, 0.6) is 11.5 Å². The topological polar surface area (TPSA) is 71.5 Å². The number of nitrogens with one attached hydrogen (secondary N) is 2. The van der Waals surface area contributed by atoms with Crippen LogP contribution >= 0.6 is 0 Å². The van der Waals surface area contributed by atoms with Crippen molar-refractivity contribution in [2.45, 2.75) is 12.6 Å². The second-order valence-electron chi connectivity index (χ2n) is 6.23. The lowest BCUT2D eigenvalue weighted by molar-refractivity contribution is -0.141. The highest BCUT2D eigenvalue weighted by atomic mass is 19.4. The molecule has 154 valence electrons. The summed E-state index contributed by atoms with van der Waals surface area (Å²) in [4.78, 5) is 9.71. The molecule has 0 fully saturated rings. The Morgan fingerprint density at radius 2 is 1.82 bits per heavy atom. The van der Waals surface area contributed by atoms with Gasteiger partial charge in [0.05, 0.1) is 19.9 Å². The molecular weight excluding hydrogens is 375 g/mol. The zero-order chi connectivity index (χ0) is 20.7. The summed E-state index contributed by atoms with van der Waals surface area (Å²) in [6.45, 7) is 1.24. The summed E-state index contributed by atoms with van der Waals surface area (Å²) in [5.41, 5.74) is -0.582. The molecule has 0 radical (unpaired) electrons. The third kappa shape index (κ3) is 6.15. The zero-order valence-corrected chi connectivity index (χ0v) is 16.2. The standard InChI is InChI=1S/C18H24F3N5O2/c1-26(2)9-5-8-22-17-24-15(18(19,20)21)11-16(25-17)23-13-7-6-12(27-3)10-14(13)28-4/h6-7,10-11H,5,8-9H2,1-4H3,(H2,22,23,24,25). The Balaban J connectivity index is 2.26. The summed E-state index contributed by atoms with van der Waals surface area (Å²) < 4.78 is 50.1. The van der Waals surface area contributed by atoms with Gasteiger partial charge in [-0.25, -0.2) is 4.98 Å². The highest BCUT2D eigenvalue weighted by Gasteiger charge is 2.33. The van der Waals surface area contributed by atoms with Crippen LogP contribution in [0.3, 0.4) is 0 Å². The molecule has 0 saturated carbocycles. The van der Waals surface area contributed by atoms with Gasteiger partial charge in [0.15, 0.2) is 5.69 Å². The van der Waals surface area contributed by atoms with E-state index in [4.69, 9.17) is 9.47 Å². The first kappa shape index (κ1) is 21.5. The van der Waals surface area contributed by atoms with E-state index in [0.29, 0.717) is 23.7 Å². The molecule has 0 spiro atoms. The molecule has 1 heterocycles. The monoisotopic (exact) mass is 399 g/mol. The number of ether oxygens (including phenoxy) is 2. The minimum atomic E-state index is -4.59. The minimum absolute atomic E-state index is 0.000835. The van der Waals surface area contributed by atoms with Crippen molar-refractivity contribution in [2.24, 2.45) is 0 Å². The van der Waals surface area contributed by atoms with Crippen LogP contribution in [0, 0.1) is 0 Å². The van der Waals surface area contributed by atoms with Gasteiger partial charge in [-0.2, -0.15) is 18.2 Å². The fourth-order valence-electron chi connectivity index (χ4n) is 2.37. The van der Waals surface area contributed by atoms with E-state index in [1.165, 1.54) is 14.2 Å². The van der Waals surface area contributed by atoms with Crippen molar-refractivity contribution in [3.63, 3.8) is 0 Å². The summed E-state index contributed by atoms with van der Waals surface area (Å²) in [5.74, 6) is 0.876. The Morgan fingerprint density at radius 3 is 2.43 bits per heavy atom. The number of anilines is 3. The van der Waals surface area contributed by atoms with Gasteiger partial charge in [0.25, 0.3) is 0 Å². The Hall–Kier alpha value is -2.75. The lowest BCUT2D eigenvalue weighted by Crippen LogP contribution is -2.18. The van der Waals surface area contributed by atoms with Crippen molar-refractivity contribution >= 4 is 17.5 Å². The molecule has 2 rings (SSSR count). The van der Waals surface area contributed by atoms with Crippen molar-refractivity contribution in [1.29, 1.82) is 0 Å². The number of hydrogen-bond acceptors (Lipinski definition) is 7.